The molecule has 0 aliphatic rings. The van der Waals surface area contributed by atoms with E-state index in [4.69, 9.17) is 4.74 Å². The van der Waals surface area contributed by atoms with E-state index in [1.807, 2.05) is 64.1 Å². The van der Waals surface area contributed by atoms with E-state index >= 15 is 0 Å². The van der Waals surface area contributed by atoms with E-state index in [0.29, 0.717) is 18.7 Å². The number of rotatable bonds is 9. The van der Waals surface area contributed by atoms with Crippen LogP contribution in [-0.4, -0.2) is 35.4 Å². The Morgan fingerprint density at radius 3 is 2.24 bits per heavy atom. The number of carbonyl (C=O) groups excluding carboxylic acids is 2. The van der Waals surface area contributed by atoms with Crippen molar-refractivity contribution in [3.63, 3.8) is 0 Å². The van der Waals surface area contributed by atoms with Crippen LogP contribution in [0.3, 0.4) is 0 Å². The summed E-state index contributed by atoms with van der Waals surface area (Å²) < 4.78 is 6.61. The Kier molecular flexibility index (Phi) is 8.70. The zero-order chi connectivity index (χ0) is 21.4. The van der Waals surface area contributed by atoms with Crippen LogP contribution in [0.4, 0.5) is 0 Å². The van der Waals surface area contributed by atoms with Gasteiger partial charge in [0.2, 0.25) is 5.91 Å². The normalized spacial score (nSPS) is 11.8. The summed E-state index contributed by atoms with van der Waals surface area (Å²) in [6.45, 7) is 7.98. The van der Waals surface area contributed by atoms with Crippen LogP contribution in [0, 0.1) is 6.92 Å². The average Bonchev–Trinajstić information content (AvgIpc) is 2.68. The molecule has 0 fully saturated rings. The predicted octanol–water partition coefficient (Wildman–Crippen LogP) is 4.47. The van der Waals surface area contributed by atoms with Crippen LogP contribution in [0.15, 0.2) is 53.0 Å². The third-order valence-corrected chi connectivity index (χ3v) is 4.99. The summed E-state index contributed by atoms with van der Waals surface area (Å²) in [6.07, 6.45) is 0.522. The molecule has 0 aliphatic carbocycles. The van der Waals surface area contributed by atoms with E-state index in [0.717, 1.165) is 15.6 Å². The van der Waals surface area contributed by atoms with Gasteiger partial charge in [0.1, 0.15) is 11.8 Å². The maximum Gasteiger partial charge on any atom is 0.261 e. The second-order valence-electron chi connectivity index (χ2n) is 7.34. The van der Waals surface area contributed by atoms with Crippen LogP contribution in [-0.2, 0) is 16.1 Å². The minimum Gasteiger partial charge on any atom is -0.484 e. The Morgan fingerprint density at radius 1 is 1.07 bits per heavy atom. The van der Waals surface area contributed by atoms with E-state index in [-0.39, 0.29) is 24.5 Å². The Morgan fingerprint density at radius 2 is 1.69 bits per heavy atom. The van der Waals surface area contributed by atoms with Crippen molar-refractivity contribution in [2.45, 2.75) is 52.7 Å². The summed E-state index contributed by atoms with van der Waals surface area (Å²) in [5.41, 5.74) is 2.12. The van der Waals surface area contributed by atoms with Gasteiger partial charge in [-0.2, -0.15) is 0 Å². The first-order valence-electron chi connectivity index (χ1n) is 9.84. The molecule has 156 valence electrons. The first-order valence-corrected chi connectivity index (χ1v) is 10.6. The number of halogens is 1. The highest BCUT2D eigenvalue weighted by molar-refractivity contribution is 9.10. The number of nitrogens with one attached hydrogen (secondary N) is 1. The summed E-state index contributed by atoms with van der Waals surface area (Å²) in [6, 6.07) is 14.7. The third-order valence-electron chi connectivity index (χ3n) is 4.47. The van der Waals surface area contributed by atoms with Crippen molar-refractivity contribution in [1.29, 1.82) is 0 Å². The van der Waals surface area contributed by atoms with Crippen LogP contribution in [0.2, 0.25) is 0 Å². The van der Waals surface area contributed by atoms with Gasteiger partial charge in [0.05, 0.1) is 0 Å². The summed E-state index contributed by atoms with van der Waals surface area (Å²) in [4.78, 5) is 27.4. The van der Waals surface area contributed by atoms with Gasteiger partial charge < -0.3 is 15.0 Å². The average molecular weight is 461 g/mol. The number of benzene rings is 2. The maximum atomic E-state index is 13.1. The lowest BCUT2D eigenvalue weighted by Gasteiger charge is -2.31. The van der Waals surface area contributed by atoms with Gasteiger partial charge in [-0.3, -0.25) is 9.59 Å². The molecule has 0 aliphatic heterocycles. The van der Waals surface area contributed by atoms with Gasteiger partial charge in [-0.15, -0.1) is 0 Å². The van der Waals surface area contributed by atoms with Crippen molar-refractivity contribution in [2.24, 2.45) is 0 Å². The van der Waals surface area contributed by atoms with E-state index < -0.39 is 6.04 Å². The third kappa shape index (κ3) is 7.20. The SMILES string of the molecule is CCC(C(=O)NC(C)C)N(Cc1ccc(C)cc1)C(=O)COc1ccc(Br)cc1. The zero-order valence-electron chi connectivity index (χ0n) is 17.4. The molecule has 0 saturated heterocycles. The number of amides is 2. The fraction of sp³-hybridized carbons (Fsp3) is 0.391. The highest BCUT2D eigenvalue weighted by Crippen LogP contribution is 2.17. The number of nitrogens with zero attached hydrogens (tertiary/aromatic N) is 1. The lowest BCUT2D eigenvalue weighted by atomic mass is 10.1. The van der Waals surface area contributed by atoms with E-state index in [1.54, 1.807) is 17.0 Å². The molecule has 0 radical (unpaired) electrons. The fourth-order valence-electron chi connectivity index (χ4n) is 2.95. The van der Waals surface area contributed by atoms with Crippen molar-refractivity contribution in [1.82, 2.24) is 10.2 Å². The summed E-state index contributed by atoms with van der Waals surface area (Å²) in [5.74, 6) is 0.238. The quantitative estimate of drug-likeness (QED) is 0.600. The first kappa shape index (κ1) is 22.9. The number of hydrogen-bond acceptors (Lipinski definition) is 3. The largest absolute Gasteiger partial charge is 0.484 e. The van der Waals surface area contributed by atoms with Gasteiger partial charge in [-0.1, -0.05) is 52.7 Å². The van der Waals surface area contributed by atoms with E-state index in [1.165, 1.54) is 0 Å². The monoisotopic (exact) mass is 460 g/mol. The Balaban J connectivity index is 2.18. The summed E-state index contributed by atoms with van der Waals surface area (Å²) in [5, 5.41) is 2.93. The molecule has 0 aromatic heterocycles. The van der Waals surface area contributed by atoms with E-state index in [2.05, 4.69) is 21.2 Å². The van der Waals surface area contributed by atoms with Crippen molar-refractivity contribution in [3.8, 4) is 5.75 Å². The molecule has 0 saturated carbocycles. The van der Waals surface area contributed by atoms with Crippen LogP contribution >= 0.6 is 15.9 Å². The van der Waals surface area contributed by atoms with Gasteiger partial charge in [0.25, 0.3) is 5.91 Å². The lowest BCUT2D eigenvalue weighted by Crippen LogP contribution is -2.51. The predicted molar refractivity (Wildman–Crippen MR) is 119 cm³/mol. The number of hydrogen-bond donors (Lipinski definition) is 1. The van der Waals surface area contributed by atoms with Gasteiger partial charge in [0, 0.05) is 17.1 Å². The molecule has 0 spiro atoms. The molecule has 1 atom stereocenters. The van der Waals surface area contributed by atoms with Crippen LogP contribution in [0.1, 0.15) is 38.3 Å². The highest BCUT2D eigenvalue weighted by atomic mass is 79.9. The number of carbonyl (C=O) groups is 2. The molecule has 2 amide bonds. The molecule has 2 aromatic carbocycles. The second-order valence-corrected chi connectivity index (χ2v) is 8.25. The van der Waals surface area contributed by atoms with Crippen molar-refractivity contribution in [2.75, 3.05) is 6.61 Å². The molecule has 1 N–H and O–H groups in total. The minimum atomic E-state index is -0.556. The Labute approximate surface area is 181 Å². The van der Waals surface area contributed by atoms with Gasteiger partial charge in [-0.25, -0.2) is 0 Å². The van der Waals surface area contributed by atoms with Crippen molar-refractivity contribution < 1.29 is 14.3 Å². The smallest absolute Gasteiger partial charge is 0.261 e. The number of ether oxygens (including phenoxy) is 1. The van der Waals surface area contributed by atoms with Gasteiger partial charge in [0.15, 0.2) is 6.61 Å². The second kappa shape index (κ2) is 11.0. The van der Waals surface area contributed by atoms with Crippen molar-refractivity contribution >= 4 is 27.7 Å². The maximum absolute atomic E-state index is 13.1. The zero-order valence-corrected chi connectivity index (χ0v) is 19.0. The molecule has 0 heterocycles. The molecular weight excluding hydrogens is 432 g/mol. The summed E-state index contributed by atoms with van der Waals surface area (Å²) >= 11 is 3.38. The number of aryl methyl sites for hydroxylation is 1. The fourth-order valence-corrected chi connectivity index (χ4v) is 3.21. The van der Waals surface area contributed by atoms with Crippen LogP contribution in [0.5, 0.6) is 5.75 Å². The van der Waals surface area contributed by atoms with Gasteiger partial charge in [-0.05, 0) is 57.0 Å². The van der Waals surface area contributed by atoms with Crippen molar-refractivity contribution in [3.05, 3.63) is 64.1 Å². The molecule has 1 unspecified atom stereocenters. The highest BCUT2D eigenvalue weighted by Gasteiger charge is 2.29. The minimum absolute atomic E-state index is 0.00638. The molecule has 2 rings (SSSR count). The molecular formula is C23H29BrN2O3. The topological polar surface area (TPSA) is 58.6 Å². The molecule has 6 heteroatoms. The van der Waals surface area contributed by atoms with Gasteiger partial charge >= 0.3 is 0 Å². The lowest BCUT2D eigenvalue weighted by molar-refractivity contribution is -0.143. The standard InChI is InChI=1S/C23H29BrN2O3/c1-5-21(23(28)25-16(2)3)26(14-18-8-6-17(4)7-9-18)22(27)15-29-20-12-10-19(24)11-13-20/h6-13,16,21H,5,14-15H2,1-4H3,(H,25,28). The molecule has 29 heavy (non-hydrogen) atoms. The molecule has 5 nitrogen and oxygen atoms in total. The molecule has 2 aromatic rings. The van der Waals surface area contributed by atoms with Crippen LogP contribution in [0.25, 0.3) is 0 Å². The van der Waals surface area contributed by atoms with E-state index in [9.17, 15) is 9.59 Å². The van der Waals surface area contributed by atoms with Crippen LogP contribution < -0.4 is 10.1 Å². The summed E-state index contributed by atoms with van der Waals surface area (Å²) in [7, 11) is 0. The Hall–Kier alpha value is -2.34. The Bertz CT molecular complexity index is 804. The first-order chi connectivity index (χ1) is 13.8. The molecule has 0 bridgehead atoms.